The maximum absolute atomic E-state index is 10.3. The zero-order valence-electron chi connectivity index (χ0n) is 11.9. The second-order valence-electron chi connectivity index (χ2n) is 5.01. The van der Waals surface area contributed by atoms with Crippen molar-refractivity contribution in [2.45, 2.75) is 18.4 Å². The number of methoxy groups -OCH3 is 1. The van der Waals surface area contributed by atoms with Gasteiger partial charge in [0.25, 0.3) is 0 Å². The maximum Gasteiger partial charge on any atom is 0.193 e. The Morgan fingerprint density at radius 3 is 2.86 bits per heavy atom. The van der Waals surface area contributed by atoms with Crippen molar-refractivity contribution in [3.63, 3.8) is 0 Å². The minimum atomic E-state index is -0.831. The molecule has 1 aromatic carbocycles. The average Bonchev–Trinajstić information content (AvgIpc) is 2.46. The molecule has 0 aliphatic carbocycles. The molecular weight excluding hydrogens is 294 g/mol. The lowest BCUT2D eigenvalue weighted by atomic mass is 9.95. The number of guanidine groups is 1. The minimum Gasteiger partial charge on any atom is -0.495 e. The average molecular weight is 314 g/mol. The molecule has 0 radical (unpaired) electrons. The largest absolute Gasteiger partial charge is 0.495 e. The Hall–Kier alpha value is -1.50. The Morgan fingerprint density at radius 2 is 2.24 bits per heavy atom. The van der Waals surface area contributed by atoms with Gasteiger partial charge >= 0.3 is 0 Å². The molecule has 0 atom stereocenters. The van der Waals surface area contributed by atoms with E-state index in [1.54, 1.807) is 25.3 Å². The number of nitrogens with one attached hydrogen (secondary N) is 1. The Kier molecular flexibility index (Phi) is 5.27. The molecule has 0 bridgehead atoms. The van der Waals surface area contributed by atoms with Crippen LogP contribution in [0.1, 0.15) is 12.8 Å². The van der Waals surface area contributed by atoms with E-state index in [9.17, 15) is 5.11 Å². The van der Waals surface area contributed by atoms with Gasteiger partial charge in [-0.3, -0.25) is 4.99 Å². The molecule has 1 aromatic rings. The van der Waals surface area contributed by atoms with Crippen molar-refractivity contribution in [3.05, 3.63) is 23.2 Å². The van der Waals surface area contributed by atoms with Crippen LogP contribution in [0.15, 0.2) is 23.2 Å². The third-order valence-corrected chi connectivity index (χ3v) is 3.69. The van der Waals surface area contributed by atoms with Gasteiger partial charge in [-0.1, -0.05) is 11.6 Å². The van der Waals surface area contributed by atoms with E-state index < -0.39 is 5.60 Å². The number of nitrogens with zero attached hydrogens (tertiary/aromatic N) is 1. The molecular formula is C14H20ClN3O3. The maximum atomic E-state index is 10.3. The molecule has 116 valence electrons. The Balaban J connectivity index is 1.95. The van der Waals surface area contributed by atoms with Crippen LogP contribution in [-0.4, -0.2) is 43.5 Å². The molecule has 1 fully saturated rings. The van der Waals surface area contributed by atoms with E-state index in [-0.39, 0.29) is 12.5 Å². The molecule has 21 heavy (non-hydrogen) atoms. The van der Waals surface area contributed by atoms with Gasteiger partial charge in [0.1, 0.15) is 5.75 Å². The number of hydrogen-bond acceptors (Lipinski definition) is 4. The van der Waals surface area contributed by atoms with Crippen LogP contribution in [0.5, 0.6) is 5.75 Å². The summed E-state index contributed by atoms with van der Waals surface area (Å²) in [6.07, 6.45) is 1.14. The number of hydrogen-bond donors (Lipinski definition) is 3. The normalized spacial score (nSPS) is 18.3. The van der Waals surface area contributed by atoms with Crippen molar-refractivity contribution >= 4 is 23.2 Å². The second-order valence-corrected chi connectivity index (χ2v) is 5.42. The van der Waals surface area contributed by atoms with Crippen LogP contribution in [0.25, 0.3) is 0 Å². The van der Waals surface area contributed by atoms with Crippen LogP contribution in [0.3, 0.4) is 0 Å². The highest BCUT2D eigenvalue weighted by Crippen LogP contribution is 2.27. The van der Waals surface area contributed by atoms with Crippen LogP contribution < -0.4 is 15.8 Å². The summed E-state index contributed by atoms with van der Waals surface area (Å²) in [6, 6.07) is 5.23. The van der Waals surface area contributed by atoms with Gasteiger partial charge < -0.3 is 25.6 Å². The van der Waals surface area contributed by atoms with Gasteiger partial charge in [-0.25, -0.2) is 0 Å². The van der Waals surface area contributed by atoms with Crippen molar-refractivity contribution in [1.82, 2.24) is 0 Å². The summed E-state index contributed by atoms with van der Waals surface area (Å²) in [5.74, 6) is 0.824. The van der Waals surface area contributed by atoms with Crippen molar-refractivity contribution in [1.29, 1.82) is 0 Å². The minimum absolute atomic E-state index is 0.233. The van der Waals surface area contributed by atoms with Gasteiger partial charge in [0, 0.05) is 31.7 Å². The molecule has 0 saturated carbocycles. The highest BCUT2D eigenvalue weighted by Gasteiger charge is 2.29. The first kappa shape index (κ1) is 15.9. The number of rotatable bonds is 4. The van der Waals surface area contributed by atoms with Gasteiger partial charge in [0.15, 0.2) is 5.96 Å². The van der Waals surface area contributed by atoms with Gasteiger partial charge in [-0.15, -0.1) is 0 Å². The molecule has 6 nitrogen and oxygen atoms in total. The number of aliphatic imine (C=N–C) groups is 1. The molecule has 1 saturated heterocycles. The molecule has 0 unspecified atom stereocenters. The lowest BCUT2D eigenvalue weighted by Gasteiger charge is -2.30. The highest BCUT2D eigenvalue weighted by atomic mass is 35.5. The predicted octanol–water partition coefficient (Wildman–Crippen LogP) is 1.62. The van der Waals surface area contributed by atoms with Gasteiger partial charge in [-0.2, -0.15) is 0 Å². The van der Waals surface area contributed by atoms with Crippen molar-refractivity contribution < 1.29 is 14.6 Å². The zero-order valence-corrected chi connectivity index (χ0v) is 12.7. The van der Waals surface area contributed by atoms with Gasteiger partial charge in [0.2, 0.25) is 0 Å². The number of ether oxygens (including phenoxy) is 2. The van der Waals surface area contributed by atoms with E-state index >= 15 is 0 Å². The molecule has 4 N–H and O–H groups in total. The Morgan fingerprint density at radius 1 is 1.52 bits per heavy atom. The summed E-state index contributed by atoms with van der Waals surface area (Å²) in [6.45, 7) is 1.35. The highest BCUT2D eigenvalue weighted by molar-refractivity contribution is 6.32. The number of nitrogens with two attached hydrogens (primary N) is 1. The molecule has 7 heteroatoms. The van der Waals surface area contributed by atoms with Crippen molar-refractivity contribution in [2.24, 2.45) is 10.7 Å². The molecule has 1 aliphatic rings. The molecule has 0 spiro atoms. The first-order chi connectivity index (χ1) is 10.0. The van der Waals surface area contributed by atoms with E-state index in [1.807, 2.05) is 0 Å². The number of anilines is 1. The summed E-state index contributed by atoms with van der Waals surface area (Å²) in [5, 5.41) is 13.7. The Labute approximate surface area is 128 Å². The first-order valence-corrected chi connectivity index (χ1v) is 7.11. The van der Waals surface area contributed by atoms with Crippen LogP contribution in [0.2, 0.25) is 5.02 Å². The van der Waals surface area contributed by atoms with E-state index in [4.69, 9.17) is 26.8 Å². The fraction of sp³-hybridized carbons (Fsp3) is 0.500. The molecule has 0 aromatic heterocycles. The second kappa shape index (κ2) is 6.98. The van der Waals surface area contributed by atoms with Crippen LogP contribution in [0.4, 0.5) is 5.69 Å². The number of aliphatic hydroxyl groups is 1. The monoisotopic (exact) mass is 313 g/mol. The first-order valence-electron chi connectivity index (χ1n) is 6.73. The molecule has 1 heterocycles. The standard InChI is InChI=1S/C14H20ClN3O3/c1-20-12-3-2-10(8-11(12)15)18-13(16)17-9-14(19)4-6-21-7-5-14/h2-3,8,19H,4-7,9H2,1H3,(H3,16,17,18). The van der Waals surface area contributed by atoms with Crippen LogP contribution >= 0.6 is 11.6 Å². The molecule has 1 aliphatic heterocycles. The molecule has 2 rings (SSSR count). The predicted molar refractivity (Wildman–Crippen MR) is 83.1 cm³/mol. The third-order valence-electron chi connectivity index (χ3n) is 3.39. The lowest BCUT2D eigenvalue weighted by Crippen LogP contribution is -2.40. The number of halogens is 1. The fourth-order valence-electron chi connectivity index (χ4n) is 2.07. The molecule has 0 amide bonds. The van der Waals surface area contributed by atoms with E-state index in [0.29, 0.717) is 42.5 Å². The lowest BCUT2D eigenvalue weighted by molar-refractivity contribution is -0.0565. The summed E-state index contributed by atoms with van der Waals surface area (Å²) in [7, 11) is 1.55. The smallest absolute Gasteiger partial charge is 0.193 e. The van der Waals surface area contributed by atoms with Crippen molar-refractivity contribution in [3.8, 4) is 5.75 Å². The van der Waals surface area contributed by atoms with E-state index in [0.717, 1.165) is 0 Å². The fourth-order valence-corrected chi connectivity index (χ4v) is 2.33. The van der Waals surface area contributed by atoms with Crippen LogP contribution in [0, 0.1) is 0 Å². The SMILES string of the molecule is COc1ccc(NC(N)=NCC2(O)CCOCC2)cc1Cl. The van der Waals surface area contributed by atoms with Gasteiger partial charge in [0.05, 0.1) is 24.3 Å². The number of benzene rings is 1. The Bertz CT molecular complexity index is 516. The topological polar surface area (TPSA) is 89.1 Å². The van der Waals surface area contributed by atoms with E-state index in [1.165, 1.54) is 0 Å². The van der Waals surface area contributed by atoms with Gasteiger partial charge in [-0.05, 0) is 18.2 Å². The summed E-state index contributed by atoms with van der Waals surface area (Å²) in [4.78, 5) is 4.19. The summed E-state index contributed by atoms with van der Waals surface area (Å²) < 4.78 is 10.3. The van der Waals surface area contributed by atoms with Crippen LogP contribution in [-0.2, 0) is 4.74 Å². The third kappa shape index (κ3) is 4.49. The zero-order chi connectivity index (χ0) is 15.3. The van der Waals surface area contributed by atoms with E-state index in [2.05, 4.69) is 10.3 Å². The summed E-state index contributed by atoms with van der Waals surface area (Å²) >= 11 is 6.03. The quantitative estimate of drug-likeness (QED) is 0.580. The van der Waals surface area contributed by atoms with Crippen molar-refractivity contribution in [2.75, 3.05) is 32.2 Å². The summed E-state index contributed by atoms with van der Waals surface area (Å²) in [5.41, 5.74) is 5.70.